The Labute approximate surface area is 173 Å². The summed E-state index contributed by atoms with van der Waals surface area (Å²) in [6.07, 6.45) is -3.02. The molecule has 0 aliphatic carbocycles. The molecule has 154 valence electrons. The van der Waals surface area contributed by atoms with E-state index in [1.807, 2.05) is 41.8 Å². The summed E-state index contributed by atoms with van der Waals surface area (Å²) < 4.78 is 43.5. The van der Waals surface area contributed by atoms with Gasteiger partial charge in [0, 0.05) is 22.8 Å². The summed E-state index contributed by atoms with van der Waals surface area (Å²) in [7, 11) is 0. The standard InChI is InChI=1S/C21H16F3N3O2S/c1-13-6-8-14(9-7-13)17-11-27-15(12-30-20(27)26-17)10-19(28)25-16-4-2-3-5-18(16)29-21(22,23)24/h2-9,11-12H,10H2,1H3,(H,25,28). The van der Waals surface area contributed by atoms with Crippen molar-refractivity contribution in [3.8, 4) is 17.0 Å². The zero-order chi connectivity index (χ0) is 21.3. The van der Waals surface area contributed by atoms with E-state index in [0.29, 0.717) is 5.69 Å². The van der Waals surface area contributed by atoms with Crippen LogP contribution < -0.4 is 10.1 Å². The summed E-state index contributed by atoms with van der Waals surface area (Å²) in [5.74, 6) is -0.920. The topological polar surface area (TPSA) is 55.6 Å². The number of imidazole rings is 1. The lowest BCUT2D eigenvalue weighted by molar-refractivity contribution is -0.274. The molecule has 5 nitrogen and oxygen atoms in total. The van der Waals surface area contributed by atoms with Crippen molar-refractivity contribution in [2.45, 2.75) is 19.7 Å². The van der Waals surface area contributed by atoms with Crippen LogP contribution in [-0.2, 0) is 11.2 Å². The molecule has 0 aliphatic rings. The first kappa shape index (κ1) is 20.0. The molecule has 1 amide bonds. The number of amides is 1. The number of hydrogen-bond acceptors (Lipinski definition) is 4. The van der Waals surface area contributed by atoms with E-state index in [9.17, 15) is 18.0 Å². The fourth-order valence-corrected chi connectivity index (χ4v) is 3.84. The van der Waals surface area contributed by atoms with Crippen LogP contribution in [0.5, 0.6) is 5.75 Å². The van der Waals surface area contributed by atoms with Gasteiger partial charge in [-0.15, -0.1) is 24.5 Å². The molecule has 2 aromatic heterocycles. The lowest BCUT2D eigenvalue weighted by atomic mass is 10.1. The molecule has 0 unspecified atom stereocenters. The first-order valence-corrected chi connectivity index (χ1v) is 9.83. The molecule has 2 aromatic carbocycles. The van der Waals surface area contributed by atoms with E-state index in [1.54, 1.807) is 5.38 Å². The number of thiazole rings is 1. The number of ether oxygens (including phenoxy) is 1. The van der Waals surface area contributed by atoms with E-state index in [0.717, 1.165) is 27.8 Å². The quantitative estimate of drug-likeness (QED) is 0.457. The van der Waals surface area contributed by atoms with Crippen molar-refractivity contribution >= 4 is 27.9 Å². The fraction of sp³-hybridized carbons (Fsp3) is 0.143. The number of carbonyl (C=O) groups is 1. The molecule has 0 bridgehead atoms. The normalized spacial score (nSPS) is 11.6. The van der Waals surface area contributed by atoms with Gasteiger partial charge in [-0.25, -0.2) is 4.98 Å². The lowest BCUT2D eigenvalue weighted by Crippen LogP contribution is -2.20. The first-order valence-electron chi connectivity index (χ1n) is 8.95. The minimum absolute atomic E-state index is 0.0238. The van der Waals surface area contributed by atoms with Gasteiger partial charge >= 0.3 is 6.36 Å². The Hall–Kier alpha value is -3.33. The lowest BCUT2D eigenvalue weighted by Gasteiger charge is -2.13. The molecule has 30 heavy (non-hydrogen) atoms. The zero-order valence-electron chi connectivity index (χ0n) is 15.7. The largest absolute Gasteiger partial charge is 0.573 e. The van der Waals surface area contributed by atoms with Crippen molar-refractivity contribution < 1.29 is 22.7 Å². The van der Waals surface area contributed by atoms with E-state index in [4.69, 9.17) is 0 Å². The highest BCUT2D eigenvalue weighted by Gasteiger charge is 2.32. The third-order valence-electron chi connectivity index (χ3n) is 4.36. The highest BCUT2D eigenvalue weighted by atomic mass is 32.1. The number of benzene rings is 2. The summed E-state index contributed by atoms with van der Waals surface area (Å²) in [5.41, 5.74) is 3.54. The average molecular weight is 431 g/mol. The van der Waals surface area contributed by atoms with Crippen LogP contribution in [0.25, 0.3) is 16.2 Å². The summed E-state index contributed by atoms with van der Waals surface area (Å²) in [4.78, 5) is 17.8. The molecule has 9 heteroatoms. The number of nitrogens with zero attached hydrogens (tertiary/aromatic N) is 2. The third-order valence-corrected chi connectivity index (χ3v) is 5.25. The molecule has 1 N–H and O–H groups in total. The zero-order valence-corrected chi connectivity index (χ0v) is 16.6. The molecule has 0 radical (unpaired) electrons. The second kappa shape index (κ2) is 7.83. The van der Waals surface area contributed by atoms with E-state index in [1.165, 1.54) is 29.5 Å². The van der Waals surface area contributed by atoms with Crippen molar-refractivity contribution in [2.24, 2.45) is 0 Å². The molecule has 4 aromatic rings. The van der Waals surface area contributed by atoms with E-state index in [-0.39, 0.29) is 12.1 Å². The van der Waals surface area contributed by atoms with Gasteiger partial charge in [-0.3, -0.25) is 9.20 Å². The molecule has 0 spiro atoms. The predicted octanol–water partition coefficient (Wildman–Crippen LogP) is 5.45. The Kier molecular flexibility index (Phi) is 5.21. The number of hydrogen-bond donors (Lipinski definition) is 1. The molecular weight excluding hydrogens is 415 g/mol. The number of carbonyl (C=O) groups excluding carboxylic acids is 1. The second-order valence-corrected chi connectivity index (χ2v) is 7.48. The maximum atomic E-state index is 12.6. The van der Waals surface area contributed by atoms with Crippen LogP contribution in [0.1, 0.15) is 11.3 Å². The molecule has 0 atom stereocenters. The van der Waals surface area contributed by atoms with Crippen molar-refractivity contribution in [1.29, 1.82) is 0 Å². The van der Waals surface area contributed by atoms with Crippen molar-refractivity contribution in [3.63, 3.8) is 0 Å². The van der Waals surface area contributed by atoms with Gasteiger partial charge in [0.05, 0.1) is 17.8 Å². The Morgan fingerprint density at radius 3 is 2.63 bits per heavy atom. The molecule has 0 aliphatic heterocycles. The third kappa shape index (κ3) is 4.46. The number of para-hydroxylation sites is 2. The number of halogens is 3. The Morgan fingerprint density at radius 2 is 1.90 bits per heavy atom. The highest BCUT2D eigenvalue weighted by molar-refractivity contribution is 7.15. The Morgan fingerprint density at radius 1 is 1.17 bits per heavy atom. The van der Waals surface area contributed by atoms with Gasteiger partial charge in [-0.1, -0.05) is 42.0 Å². The van der Waals surface area contributed by atoms with Gasteiger partial charge < -0.3 is 10.1 Å². The molecule has 0 saturated heterocycles. The maximum absolute atomic E-state index is 12.6. The first-order chi connectivity index (χ1) is 14.3. The van der Waals surface area contributed by atoms with Crippen LogP contribution in [0.3, 0.4) is 0 Å². The number of nitrogens with one attached hydrogen (secondary N) is 1. The van der Waals surface area contributed by atoms with Crippen LogP contribution in [0.15, 0.2) is 60.1 Å². The van der Waals surface area contributed by atoms with Gasteiger partial charge in [-0.2, -0.15) is 0 Å². The summed E-state index contributed by atoms with van der Waals surface area (Å²) in [6.45, 7) is 2.00. The van der Waals surface area contributed by atoms with Crippen molar-refractivity contribution in [3.05, 3.63) is 71.4 Å². The van der Waals surface area contributed by atoms with Gasteiger partial charge in [0.25, 0.3) is 0 Å². The Bertz CT molecular complexity index is 1200. The summed E-state index contributed by atoms with van der Waals surface area (Å²) >= 11 is 1.39. The van der Waals surface area contributed by atoms with Gasteiger partial charge in [0.15, 0.2) is 10.7 Å². The number of anilines is 1. The minimum atomic E-state index is -4.84. The monoisotopic (exact) mass is 431 g/mol. The number of aryl methyl sites for hydroxylation is 1. The maximum Gasteiger partial charge on any atom is 0.573 e. The second-order valence-electron chi connectivity index (χ2n) is 6.64. The average Bonchev–Trinajstić information content (AvgIpc) is 3.25. The van der Waals surface area contributed by atoms with E-state index < -0.39 is 18.0 Å². The molecular formula is C21H16F3N3O2S. The van der Waals surface area contributed by atoms with Crippen LogP contribution in [0, 0.1) is 6.92 Å². The highest BCUT2D eigenvalue weighted by Crippen LogP contribution is 2.30. The SMILES string of the molecule is Cc1ccc(-c2cn3c(CC(=O)Nc4ccccc4OC(F)(F)F)csc3n2)cc1. The van der Waals surface area contributed by atoms with Gasteiger partial charge in [-0.05, 0) is 19.1 Å². The number of fused-ring (bicyclic) bond motifs is 1. The number of rotatable bonds is 5. The summed E-state index contributed by atoms with van der Waals surface area (Å²) in [5, 5.41) is 4.29. The van der Waals surface area contributed by atoms with Crippen LogP contribution in [-0.4, -0.2) is 21.7 Å². The molecule has 2 heterocycles. The van der Waals surface area contributed by atoms with Gasteiger partial charge in [0.2, 0.25) is 5.91 Å². The molecule has 0 saturated carbocycles. The molecule has 0 fully saturated rings. The predicted molar refractivity (Wildman–Crippen MR) is 109 cm³/mol. The van der Waals surface area contributed by atoms with E-state index in [2.05, 4.69) is 15.0 Å². The molecule has 4 rings (SSSR count). The summed E-state index contributed by atoms with van der Waals surface area (Å²) in [6, 6.07) is 13.4. The van der Waals surface area contributed by atoms with E-state index >= 15 is 0 Å². The minimum Gasteiger partial charge on any atom is -0.404 e. The number of aromatic nitrogens is 2. The fourth-order valence-electron chi connectivity index (χ4n) is 2.96. The van der Waals surface area contributed by atoms with Crippen molar-refractivity contribution in [1.82, 2.24) is 9.38 Å². The van der Waals surface area contributed by atoms with Gasteiger partial charge in [0.1, 0.15) is 0 Å². The van der Waals surface area contributed by atoms with Crippen LogP contribution in [0.4, 0.5) is 18.9 Å². The number of alkyl halides is 3. The van der Waals surface area contributed by atoms with Crippen molar-refractivity contribution in [2.75, 3.05) is 5.32 Å². The van der Waals surface area contributed by atoms with Crippen LogP contribution in [0.2, 0.25) is 0 Å². The smallest absolute Gasteiger partial charge is 0.404 e. The Balaban J connectivity index is 1.52. The van der Waals surface area contributed by atoms with Crippen LogP contribution >= 0.6 is 11.3 Å².